The first kappa shape index (κ1) is 16.7. The minimum absolute atomic E-state index is 0.364. The number of hydrogen-bond donors (Lipinski definition) is 0. The van der Waals surface area contributed by atoms with Gasteiger partial charge in [0.2, 0.25) is 0 Å². The van der Waals surface area contributed by atoms with E-state index in [0.29, 0.717) is 24.7 Å². The van der Waals surface area contributed by atoms with Crippen molar-refractivity contribution in [3.63, 3.8) is 0 Å². The van der Waals surface area contributed by atoms with Gasteiger partial charge in [0, 0.05) is 6.42 Å². The van der Waals surface area contributed by atoms with Crippen LogP contribution >= 0.6 is 7.60 Å². The summed E-state index contributed by atoms with van der Waals surface area (Å²) in [5.41, 5.74) is 0. The smallest absolute Gasteiger partial charge is 0.355 e. The van der Waals surface area contributed by atoms with Gasteiger partial charge in [0.15, 0.2) is 0 Å². The van der Waals surface area contributed by atoms with E-state index >= 15 is 0 Å². The molecule has 1 atom stereocenters. The molecule has 112 valence electrons. The first-order chi connectivity index (χ1) is 9.00. The van der Waals surface area contributed by atoms with E-state index in [9.17, 15) is 9.77 Å². The molecule has 1 aliphatic heterocycles. The highest BCUT2D eigenvalue weighted by molar-refractivity contribution is 7.55. The molecule has 0 bridgehead atoms. The van der Waals surface area contributed by atoms with Gasteiger partial charge in [0.05, 0.1) is 13.2 Å². The van der Waals surface area contributed by atoms with Crippen molar-refractivity contribution >= 4 is 7.60 Å². The highest BCUT2D eigenvalue weighted by Crippen LogP contribution is 2.64. The van der Waals surface area contributed by atoms with Crippen molar-refractivity contribution in [1.82, 2.24) is 5.06 Å². The SMILES string of the molecule is CCCCOP(=O)(OCCCC)C1(C)CC=CN1[O-]. The van der Waals surface area contributed by atoms with Crippen molar-refractivity contribution in [3.8, 4) is 0 Å². The van der Waals surface area contributed by atoms with Crippen LogP contribution in [-0.4, -0.2) is 23.6 Å². The van der Waals surface area contributed by atoms with Crippen molar-refractivity contribution in [2.45, 2.75) is 58.2 Å². The van der Waals surface area contributed by atoms with Gasteiger partial charge in [-0.1, -0.05) is 32.8 Å². The summed E-state index contributed by atoms with van der Waals surface area (Å²) in [6.07, 6.45) is 7.03. The molecule has 5 nitrogen and oxygen atoms in total. The summed E-state index contributed by atoms with van der Waals surface area (Å²) in [5, 5.41) is 11.5. The second-order valence-electron chi connectivity index (χ2n) is 5.00. The molecule has 0 aromatic heterocycles. The van der Waals surface area contributed by atoms with Gasteiger partial charge in [0.25, 0.3) is 0 Å². The van der Waals surface area contributed by atoms with Crippen LogP contribution in [0.25, 0.3) is 0 Å². The molecule has 19 heavy (non-hydrogen) atoms. The van der Waals surface area contributed by atoms with Crippen LogP contribution in [0.5, 0.6) is 0 Å². The van der Waals surface area contributed by atoms with Gasteiger partial charge in [0.1, 0.15) is 5.28 Å². The minimum atomic E-state index is -3.44. The maximum Gasteiger partial charge on any atom is 0.355 e. The third kappa shape index (κ3) is 3.82. The zero-order valence-electron chi connectivity index (χ0n) is 12.1. The molecule has 6 heteroatoms. The zero-order chi connectivity index (χ0) is 14.4. The summed E-state index contributed by atoms with van der Waals surface area (Å²) in [7, 11) is -3.44. The highest BCUT2D eigenvalue weighted by atomic mass is 31.2. The Morgan fingerprint density at radius 3 is 2.16 bits per heavy atom. The van der Waals surface area contributed by atoms with Crippen LogP contribution in [0.3, 0.4) is 0 Å². The Morgan fingerprint density at radius 2 is 1.79 bits per heavy atom. The van der Waals surface area contributed by atoms with E-state index in [1.165, 1.54) is 6.20 Å². The monoisotopic (exact) mass is 290 g/mol. The van der Waals surface area contributed by atoms with Gasteiger partial charge in [-0.15, -0.1) is 0 Å². The third-order valence-electron chi connectivity index (χ3n) is 3.33. The number of rotatable bonds is 9. The maximum absolute atomic E-state index is 13.0. The lowest BCUT2D eigenvalue weighted by Crippen LogP contribution is -2.37. The maximum atomic E-state index is 13.0. The van der Waals surface area contributed by atoms with Gasteiger partial charge < -0.3 is 19.3 Å². The normalized spacial score (nSPS) is 23.3. The standard InChI is InChI=1S/C13H25NO4P/c1-4-6-11-17-19(16,18-12-7-5-2)13(3)9-8-10-14(13)15/h8,10H,4-7,9,11-12H2,1-3H3/q-1. The van der Waals surface area contributed by atoms with Crippen molar-refractivity contribution in [1.29, 1.82) is 0 Å². The average molecular weight is 290 g/mol. The fraction of sp³-hybridized carbons (Fsp3) is 0.846. The summed E-state index contributed by atoms with van der Waals surface area (Å²) in [6, 6.07) is 0. The third-order valence-corrected chi connectivity index (χ3v) is 5.93. The van der Waals surface area contributed by atoms with Crippen molar-refractivity contribution in [3.05, 3.63) is 17.5 Å². The number of nitrogens with zero attached hydrogens (tertiary/aromatic N) is 1. The van der Waals surface area contributed by atoms with Gasteiger partial charge in [-0.2, -0.15) is 0 Å². The predicted molar refractivity (Wildman–Crippen MR) is 76.7 cm³/mol. The van der Waals surface area contributed by atoms with Gasteiger partial charge in [-0.25, -0.2) is 0 Å². The Balaban J connectivity index is 2.75. The Hall–Kier alpha value is -0.350. The molecule has 1 rings (SSSR count). The van der Waals surface area contributed by atoms with Crippen molar-refractivity contribution in [2.75, 3.05) is 13.2 Å². The molecular formula is C13H25NO4P-. The van der Waals surface area contributed by atoms with Crippen LogP contribution in [0, 0.1) is 5.21 Å². The first-order valence-electron chi connectivity index (χ1n) is 7.02. The fourth-order valence-electron chi connectivity index (χ4n) is 1.83. The van der Waals surface area contributed by atoms with E-state index in [1.807, 2.05) is 13.8 Å². The minimum Gasteiger partial charge on any atom is -0.758 e. The van der Waals surface area contributed by atoms with E-state index in [1.54, 1.807) is 13.0 Å². The molecule has 1 heterocycles. The molecule has 0 aromatic rings. The van der Waals surface area contributed by atoms with Crippen molar-refractivity contribution < 1.29 is 13.6 Å². The Morgan fingerprint density at radius 1 is 1.26 bits per heavy atom. The highest BCUT2D eigenvalue weighted by Gasteiger charge is 2.49. The van der Waals surface area contributed by atoms with Crippen LogP contribution in [0.4, 0.5) is 0 Å². The van der Waals surface area contributed by atoms with Crippen LogP contribution in [0.1, 0.15) is 52.9 Å². The second kappa shape index (κ2) is 7.44. The quantitative estimate of drug-likeness (QED) is 0.469. The molecule has 0 aliphatic carbocycles. The summed E-state index contributed by atoms with van der Waals surface area (Å²) in [5.74, 6) is 0. The van der Waals surface area contributed by atoms with E-state index < -0.39 is 12.9 Å². The average Bonchev–Trinajstić information content (AvgIpc) is 2.72. The first-order valence-corrected chi connectivity index (χ1v) is 8.57. The Labute approximate surface area is 116 Å². The van der Waals surface area contributed by atoms with E-state index in [0.717, 1.165) is 25.7 Å². The molecule has 0 radical (unpaired) electrons. The lowest BCUT2D eigenvalue weighted by molar-refractivity contribution is 0.157. The molecular weight excluding hydrogens is 265 g/mol. The molecule has 0 aromatic carbocycles. The van der Waals surface area contributed by atoms with Gasteiger partial charge >= 0.3 is 7.60 Å². The second-order valence-corrected chi connectivity index (χ2v) is 7.48. The van der Waals surface area contributed by atoms with Gasteiger partial charge in [-0.3, -0.25) is 4.57 Å². The van der Waals surface area contributed by atoms with Gasteiger partial charge in [-0.05, 0) is 26.0 Å². The fourth-order valence-corrected chi connectivity index (χ4v) is 3.84. The molecule has 0 spiro atoms. The lowest BCUT2D eigenvalue weighted by atomic mass is 10.3. The molecule has 1 aliphatic rings. The largest absolute Gasteiger partial charge is 0.758 e. The molecule has 0 fully saturated rings. The van der Waals surface area contributed by atoms with Crippen LogP contribution in [-0.2, 0) is 13.6 Å². The van der Waals surface area contributed by atoms with E-state index in [-0.39, 0.29) is 0 Å². The summed E-state index contributed by atoms with van der Waals surface area (Å²) >= 11 is 0. The van der Waals surface area contributed by atoms with Crippen LogP contribution in [0.2, 0.25) is 0 Å². The lowest BCUT2D eigenvalue weighted by Gasteiger charge is -2.44. The Bertz CT molecular complexity index is 334. The molecule has 0 saturated heterocycles. The molecule has 1 unspecified atom stereocenters. The van der Waals surface area contributed by atoms with E-state index in [2.05, 4.69) is 0 Å². The molecule has 0 N–H and O–H groups in total. The number of hydrogen-bond acceptors (Lipinski definition) is 5. The van der Waals surface area contributed by atoms with Crippen LogP contribution < -0.4 is 0 Å². The van der Waals surface area contributed by atoms with Crippen LogP contribution in [0.15, 0.2) is 12.3 Å². The van der Waals surface area contributed by atoms with E-state index in [4.69, 9.17) is 9.05 Å². The summed E-state index contributed by atoms with van der Waals surface area (Å²) in [6.45, 7) is 6.45. The molecule has 0 saturated carbocycles. The Kier molecular flexibility index (Phi) is 6.54. The number of unbranched alkanes of at least 4 members (excludes halogenated alkanes) is 2. The van der Waals surface area contributed by atoms with Crippen molar-refractivity contribution in [2.24, 2.45) is 0 Å². The predicted octanol–water partition coefficient (Wildman–Crippen LogP) is 4.25. The summed E-state index contributed by atoms with van der Waals surface area (Å²) < 4.78 is 24.0. The molecule has 0 amide bonds. The topological polar surface area (TPSA) is 61.8 Å². The zero-order valence-corrected chi connectivity index (χ0v) is 13.0. The number of hydroxylamine groups is 2. The summed E-state index contributed by atoms with van der Waals surface area (Å²) in [4.78, 5) is 0.